The van der Waals surface area contributed by atoms with E-state index in [9.17, 15) is 4.79 Å². The zero-order valence-electron chi connectivity index (χ0n) is 11.2. The Balaban J connectivity index is 2.26. The molecule has 100 valence electrons. The zero-order chi connectivity index (χ0) is 14.0. The lowest BCUT2D eigenvalue weighted by atomic mass is 10.1. The molecule has 2 rings (SSSR count). The molecule has 0 aliphatic rings. The van der Waals surface area contributed by atoms with Crippen molar-refractivity contribution in [3.63, 3.8) is 0 Å². The molecule has 0 bridgehead atoms. The molecular weight excluding hydrogens is 322 g/mol. The smallest absolute Gasteiger partial charge is 0.254 e. The van der Waals surface area contributed by atoms with Crippen LogP contribution in [0.25, 0.3) is 0 Å². The molecule has 1 aromatic carbocycles. The van der Waals surface area contributed by atoms with Crippen LogP contribution >= 0.6 is 27.3 Å². The number of nitrogens with zero attached hydrogens (tertiary/aromatic N) is 1. The zero-order valence-corrected chi connectivity index (χ0v) is 13.6. The van der Waals surface area contributed by atoms with Crippen LogP contribution in [0.3, 0.4) is 0 Å². The molecule has 2 aromatic rings. The molecule has 0 radical (unpaired) electrons. The van der Waals surface area contributed by atoms with Crippen molar-refractivity contribution in [1.29, 1.82) is 0 Å². The van der Waals surface area contributed by atoms with E-state index < -0.39 is 0 Å². The summed E-state index contributed by atoms with van der Waals surface area (Å²) in [5.74, 6) is 0.0553. The van der Waals surface area contributed by atoms with E-state index in [0.717, 1.165) is 15.6 Å². The largest absolute Gasteiger partial charge is 0.334 e. The fourth-order valence-corrected chi connectivity index (χ4v) is 3.10. The van der Waals surface area contributed by atoms with Gasteiger partial charge in [0.05, 0.1) is 6.04 Å². The number of carbonyl (C=O) groups excluding carboxylic acids is 1. The van der Waals surface area contributed by atoms with Crippen LogP contribution in [0.4, 0.5) is 0 Å². The number of amides is 1. The number of hydrogen-bond acceptors (Lipinski definition) is 2. The summed E-state index contributed by atoms with van der Waals surface area (Å²) >= 11 is 5.10. The lowest BCUT2D eigenvalue weighted by Gasteiger charge is -2.25. The Hall–Kier alpha value is -1.13. The van der Waals surface area contributed by atoms with Crippen molar-refractivity contribution in [2.45, 2.75) is 19.9 Å². The second-order valence-electron chi connectivity index (χ2n) is 4.57. The van der Waals surface area contributed by atoms with Crippen molar-refractivity contribution >= 4 is 33.2 Å². The summed E-state index contributed by atoms with van der Waals surface area (Å²) < 4.78 is 0.929. The van der Waals surface area contributed by atoms with Gasteiger partial charge >= 0.3 is 0 Å². The highest BCUT2D eigenvalue weighted by atomic mass is 79.9. The Bertz CT molecular complexity index is 580. The highest BCUT2D eigenvalue weighted by Gasteiger charge is 2.20. The molecular formula is C15H16BrNOS. The molecule has 0 N–H and O–H groups in total. The first-order valence-corrected chi connectivity index (χ1v) is 7.74. The quantitative estimate of drug-likeness (QED) is 0.798. The summed E-state index contributed by atoms with van der Waals surface area (Å²) in [6.07, 6.45) is 0. The van der Waals surface area contributed by atoms with Gasteiger partial charge in [0, 0.05) is 22.0 Å². The highest BCUT2D eigenvalue weighted by Crippen LogP contribution is 2.26. The average Bonchev–Trinajstić information content (AvgIpc) is 2.93. The molecule has 0 aliphatic carbocycles. The Kier molecular flexibility index (Phi) is 4.42. The van der Waals surface area contributed by atoms with Gasteiger partial charge in [-0.1, -0.05) is 28.1 Å². The molecule has 0 saturated heterocycles. The summed E-state index contributed by atoms with van der Waals surface area (Å²) in [5.41, 5.74) is 1.75. The minimum Gasteiger partial charge on any atom is -0.334 e. The van der Waals surface area contributed by atoms with Crippen molar-refractivity contribution in [1.82, 2.24) is 4.90 Å². The van der Waals surface area contributed by atoms with E-state index in [4.69, 9.17) is 0 Å². The monoisotopic (exact) mass is 337 g/mol. The van der Waals surface area contributed by atoms with Crippen LogP contribution in [0.2, 0.25) is 0 Å². The van der Waals surface area contributed by atoms with Crippen molar-refractivity contribution in [3.05, 3.63) is 56.2 Å². The van der Waals surface area contributed by atoms with Gasteiger partial charge < -0.3 is 4.90 Å². The number of rotatable bonds is 3. The van der Waals surface area contributed by atoms with E-state index in [0.29, 0.717) is 0 Å². The second-order valence-corrected chi connectivity index (χ2v) is 6.46. The molecule has 1 heterocycles. The lowest BCUT2D eigenvalue weighted by Crippen LogP contribution is -2.29. The van der Waals surface area contributed by atoms with Crippen LogP contribution in [-0.4, -0.2) is 17.9 Å². The van der Waals surface area contributed by atoms with Crippen LogP contribution in [0.1, 0.15) is 33.8 Å². The molecule has 0 fully saturated rings. The first-order chi connectivity index (χ1) is 9.00. The standard InChI is InChI=1S/C15H16BrNOS/c1-10-6-7-12(16)9-13(10)15(18)17(3)11(2)14-5-4-8-19-14/h4-9,11H,1-3H3. The lowest BCUT2D eigenvalue weighted by molar-refractivity contribution is 0.0744. The van der Waals surface area contributed by atoms with Gasteiger partial charge in [0.2, 0.25) is 0 Å². The minimum atomic E-state index is 0.0553. The van der Waals surface area contributed by atoms with E-state index in [2.05, 4.69) is 28.9 Å². The first-order valence-electron chi connectivity index (χ1n) is 6.07. The Morgan fingerprint density at radius 3 is 2.74 bits per heavy atom. The van der Waals surface area contributed by atoms with Crippen molar-refractivity contribution in [2.75, 3.05) is 7.05 Å². The minimum absolute atomic E-state index is 0.0553. The fraction of sp³-hybridized carbons (Fsp3) is 0.267. The summed E-state index contributed by atoms with van der Waals surface area (Å²) in [6.45, 7) is 4.01. The molecule has 1 unspecified atom stereocenters. The number of benzene rings is 1. The number of aryl methyl sites for hydroxylation is 1. The molecule has 19 heavy (non-hydrogen) atoms. The predicted octanol–water partition coefficient (Wildman–Crippen LogP) is 4.65. The van der Waals surface area contributed by atoms with Crippen LogP contribution in [0.5, 0.6) is 0 Å². The van der Waals surface area contributed by atoms with Gasteiger partial charge in [-0.05, 0) is 43.0 Å². The molecule has 1 amide bonds. The summed E-state index contributed by atoms with van der Waals surface area (Å²) in [5, 5.41) is 2.04. The first kappa shape index (κ1) is 14.3. The average molecular weight is 338 g/mol. The van der Waals surface area contributed by atoms with Gasteiger partial charge in [0.15, 0.2) is 0 Å². The van der Waals surface area contributed by atoms with E-state index in [1.165, 1.54) is 4.88 Å². The Morgan fingerprint density at radius 1 is 1.37 bits per heavy atom. The maximum Gasteiger partial charge on any atom is 0.254 e. The van der Waals surface area contributed by atoms with Gasteiger partial charge in [-0.15, -0.1) is 11.3 Å². The summed E-state index contributed by atoms with van der Waals surface area (Å²) in [4.78, 5) is 15.6. The molecule has 2 nitrogen and oxygen atoms in total. The third-order valence-corrected chi connectivity index (χ3v) is 4.82. The number of hydrogen-bond donors (Lipinski definition) is 0. The number of halogens is 1. The van der Waals surface area contributed by atoms with E-state index >= 15 is 0 Å². The molecule has 0 spiro atoms. The maximum atomic E-state index is 12.6. The van der Waals surface area contributed by atoms with Crippen LogP contribution in [0.15, 0.2) is 40.2 Å². The van der Waals surface area contributed by atoms with Gasteiger partial charge in [-0.2, -0.15) is 0 Å². The molecule has 0 aliphatic heterocycles. The second kappa shape index (κ2) is 5.88. The maximum absolute atomic E-state index is 12.6. The number of carbonyl (C=O) groups is 1. The van der Waals surface area contributed by atoms with Crippen LogP contribution in [-0.2, 0) is 0 Å². The fourth-order valence-electron chi connectivity index (χ4n) is 1.91. The topological polar surface area (TPSA) is 20.3 Å². The highest BCUT2D eigenvalue weighted by molar-refractivity contribution is 9.10. The Morgan fingerprint density at radius 2 is 2.11 bits per heavy atom. The van der Waals surface area contributed by atoms with E-state index in [-0.39, 0.29) is 11.9 Å². The molecule has 1 atom stereocenters. The molecule has 1 aromatic heterocycles. The summed E-state index contributed by atoms with van der Waals surface area (Å²) in [7, 11) is 1.85. The third kappa shape index (κ3) is 3.07. The van der Waals surface area contributed by atoms with E-state index in [1.807, 2.05) is 43.6 Å². The van der Waals surface area contributed by atoms with Crippen LogP contribution in [0, 0.1) is 6.92 Å². The molecule has 4 heteroatoms. The van der Waals surface area contributed by atoms with E-state index in [1.54, 1.807) is 16.2 Å². The third-order valence-electron chi connectivity index (χ3n) is 3.29. The van der Waals surface area contributed by atoms with Crippen molar-refractivity contribution in [2.24, 2.45) is 0 Å². The van der Waals surface area contributed by atoms with Gasteiger partial charge in [0.1, 0.15) is 0 Å². The SMILES string of the molecule is Cc1ccc(Br)cc1C(=O)N(C)C(C)c1cccs1. The normalized spacial score (nSPS) is 12.2. The Labute approximate surface area is 126 Å². The van der Waals surface area contributed by atoms with Gasteiger partial charge in [0.25, 0.3) is 5.91 Å². The van der Waals surface area contributed by atoms with Gasteiger partial charge in [-0.3, -0.25) is 4.79 Å². The summed E-state index contributed by atoms with van der Waals surface area (Å²) in [6, 6.07) is 9.96. The van der Waals surface area contributed by atoms with Crippen LogP contribution < -0.4 is 0 Å². The molecule has 0 saturated carbocycles. The van der Waals surface area contributed by atoms with Gasteiger partial charge in [-0.25, -0.2) is 0 Å². The van der Waals surface area contributed by atoms with Crippen molar-refractivity contribution in [3.8, 4) is 0 Å². The predicted molar refractivity (Wildman–Crippen MR) is 83.7 cm³/mol. The van der Waals surface area contributed by atoms with Crippen molar-refractivity contribution < 1.29 is 4.79 Å². The number of thiophene rings is 1.